The van der Waals surface area contributed by atoms with Gasteiger partial charge in [-0.25, -0.2) is 4.98 Å². The van der Waals surface area contributed by atoms with Gasteiger partial charge in [-0.3, -0.25) is 19.1 Å². The second-order valence-corrected chi connectivity index (χ2v) is 12.9. The highest BCUT2D eigenvalue weighted by Crippen LogP contribution is 2.39. The minimum absolute atomic E-state index is 0.0635. The Balaban J connectivity index is 1.12. The number of hydrogen-bond donors (Lipinski definition) is 2. The maximum Gasteiger partial charge on any atom is 0.247 e. The van der Waals surface area contributed by atoms with Crippen LogP contribution < -0.4 is 15.4 Å². The summed E-state index contributed by atoms with van der Waals surface area (Å²) in [5.41, 5.74) is 5.71. The number of anilines is 2. The lowest BCUT2D eigenvalue weighted by molar-refractivity contribution is -0.116. The number of ether oxygens (including phenoxy) is 1. The van der Waals surface area contributed by atoms with Gasteiger partial charge in [0.1, 0.15) is 17.6 Å². The number of benzene rings is 1. The van der Waals surface area contributed by atoms with Crippen molar-refractivity contribution >= 4 is 33.4 Å². The van der Waals surface area contributed by atoms with Crippen molar-refractivity contribution in [2.24, 2.45) is 0 Å². The summed E-state index contributed by atoms with van der Waals surface area (Å²) in [6, 6.07) is 8.42. The molecular weight excluding hydrogens is 546 g/mol. The number of nitrogens with one attached hydrogen (secondary N) is 2. The number of rotatable bonds is 6. The number of carbonyl (C=O) groups excluding carboxylic acids is 1. The van der Waals surface area contributed by atoms with Gasteiger partial charge in [0.15, 0.2) is 0 Å². The van der Waals surface area contributed by atoms with E-state index in [0.29, 0.717) is 29.8 Å². The molecule has 2 fully saturated rings. The third-order valence-corrected chi connectivity index (χ3v) is 10.3. The maximum atomic E-state index is 13.1. The Hall–Kier alpha value is -3.47. The number of aryl methyl sites for hydroxylation is 1. The molecule has 42 heavy (non-hydrogen) atoms. The summed E-state index contributed by atoms with van der Waals surface area (Å²) in [7, 11) is 3.86. The van der Waals surface area contributed by atoms with Crippen LogP contribution in [0.2, 0.25) is 0 Å². The zero-order valence-corrected chi connectivity index (χ0v) is 25.4. The number of thiophene rings is 1. The van der Waals surface area contributed by atoms with Crippen LogP contribution in [0, 0.1) is 6.92 Å². The molecule has 0 spiro atoms. The van der Waals surface area contributed by atoms with Crippen molar-refractivity contribution in [1.82, 2.24) is 24.2 Å². The number of nitrogens with zero attached hydrogens (tertiary/aromatic N) is 5. The average Bonchev–Trinajstić information content (AvgIpc) is 3.73. The Labute approximate surface area is 250 Å². The molecule has 4 aromatic rings. The predicted octanol–water partition coefficient (Wildman–Crippen LogP) is 5.02. The Morgan fingerprint density at radius 1 is 1.12 bits per heavy atom. The van der Waals surface area contributed by atoms with Gasteiger partial charge in [-0.1, -0.05) is 6.07 Å². The van der Waals surface area contributed by atoms with Gasteiger partial charge in [0.25, 0.3) is 0 Å². The van der Waals surface area contributed by atoms with E-state index in [2.05, 4.69) is 54.5 Å². The topological polar surface area (TPSA) is 87.0 Å². The van der Waals surface area contributed by atoms with Gasteiger partial charge in [0.2, 0.25) is 5.91 Å². The molecule has 1 aliphatic carbocycles. The summed E-state index contributed by atoms with van der Waals surface area (Å²) in [4.78, 5) is 28.1. The second kappa shape index (κ2) is 11.3. The Bertz CT molecular complexity index is 1580. The lowest BCUT2D eigenvalue weighted by Crippen LogP contribution is -2.49. The SMILES string of the molecule is COc1cc(-c2nc([C@H]3CC[C@H](N4CCN(C)CC4)CC3)n3ccnc(C)c23)ccc1NC(=O)C1Cc2ccsc2N1. The van der Waals surface area contributed by atoms with E-state index >= 15 is 0 Å². The summed E-state index contributed by atoms with van der Waals surface area (Å²) in [5, 5.41) is 9.54. The lowest BCUT2D eigenvalue weighted by atomic mass is 9.84. The number of imidazole rings is 1. The van der Waals surface area contributed by atoms with E-state index in [1.54, 1.807) is 18.4 Å². The van der Waals surface area contributed by atoms with Gasteiger partial charge in [-0.15, -0.1) is 11.3 Å². The fourth-order valence-corrected chi connectivity index (χ4v) is 7.85. The molecule has 10 heteroatoms. The van der Waals surface area contributed by atoms with Crippen molar-refractivity contribution in [3.05, 3.63) is 59.1 Å². The number of carbonyl (C=O) groups is 1. The van der Waals surface area contributed by atoms with E-state index in [1.807, 2.05) is 31.3 Å². The van der Waals surface area contributed by atoms with Gasteiger partial charge in [-0.05, 0) is 68.8 Å². The highest BCUT2D eigenvalue weighted by Gasteiger charge is 2.32. The normalized spacial score (nSPS) is 23.1. The van der Waals surface area contributed by atoms with Crippen LogP contribution in [-0.2, 0) is 11.2 Å². The van der Waals surface area contributed by atoms with Gasteiger partial charge >= 0.3 is 0 Å². The Morgan fingerprint density at radius 2 is 1.93 bits per heavy atom. The van der Waals surface area contributed by atoms with Crippen LogP contribution in [-0.4, -0.2) is 82.5 Å². The van der Waals surface area contributed by atoms with Crippen LogP contribution in [0.15, 0.2) is 42.0 Å². The fourth-order valence-electron chi connectivity index (χ4n) is 6.97. The number of amides is 1. The number of methoxy groups -OCH3 is 1. The number of piperazine rings is 1. The highest BCUT2D eigenvalue weighted by atomic mass is 32.1. The second-order valence-electron chi connectivity index (χ2n) is 12.0. The lowest BCUT2D eigenvalue weighted by Gasteiger charge is -2.41. The quantitative estimate of drug-likeness (QED) is 0.329. The number of likely N-dealkylation sites (N-methyl/N-ethyl adjacent to an activating group) is 1. The molecule has 0 radical (unpaired) electrons. The van der Waals surface area contributed by atoms with E-state index in [-0.39, 0.29) is 11.9 Å². The van der Waals surface area contributed by atoms with E-state index in [9.17, 15) is 4.79 Å². The summed E-state index contributed by atoms with van der Waals surface area (Å²) >= 11 is 1.63. The van der Waals surface area contributed by atoms with Gasteiger partial charge in [0, 0.05) is 62.5 Å². The van der Waals surface area contributed by atoms with Crippen LogP contribution in [0.3, 0.4) is 0 Å². The molecule has 1 amide bonds. The standard InChI is InChI=1S/C32H39N7O2S/c1-20-29-28(22-6-9-25(27(19-22)41-3)34-31(40)26-18-23-10-17-42-32(23)35-26)36-30(39(29)12-11-33-20)21-4-7-24(8-5-21)38-15-13-37(2)14-16-38/h6,9-12,17,19,21,24,26,35H,4-5,7-8,13-16,18H2,1-3H3,(H,34,40)/t21-,24-,26?. The van der Waals surface area contributed by atoms with Crippen molar-refractivity contribution in [3.63, 3.8) is 0 Å². The van der Waals surface area contributed by atoms with Gasteiger partial charge in [0.05, 0.1) is 34.7 Å². The molecule has 9 nitrogen and oxygen atoms in total. The number of hydrogen-bond acceptors (Lipinski definition) is 8. The molecule has 1 saturated carbocycles. The van der Waals surface area contributed by atoms with E-state index in [0.717, 1.165) is 46.1 Å². The first-order valence-electron chi connectivity index (χ1n) is 15.1. The minimum atomic E-state index is -0.281. The number of aromatic nitrogens is 3. The fraction of sp³-hybridized carbons (Fsp3) is 0.469. The summed E-state index contributed by atoms with van der Waals surface area (Å²) in [5.74, 6) is 2.09. The maximum absolute atomic E-state index is 13.1. The van der Waals surface area contributed by atoms with Crippen molar-refractivity contribution in [1.29, 1.82) is 0 Å². The van der Waals surface area contributed by atoms with Crippen molar-refractivity contribution in [2.75, 3.05) is 51.0 Å². The smallest absolute Gasteiger partial charge is 0.247 e. The molecule has 3 aliphatic rings. The summed E-state index contributed by atoms with van der Waals surface area (Å²) < 4.78 is 8.02. The molecular formula is C32H39N7O2S. The molecule has 2 N–H and O–H groups in total. The molecule has 5 heterocycles. The molecule has 1 aromatic carbocycles. The summed E-state index contributed by atoms with van der Waals surface area (Å²) in [6.07, 6.45) is 9.35. The highest BCUT2D eigenvalue weighted by molar-refractivity contribution is 7.14. The van der Waals surface area contributed by atoms with Crippen molar-refractivity contribution in [3.8, 4) is 17.0 Å². The summed E-state index contributed by atoms with van der Waals surface area (Å²) in [6.45, 7) is 6.74. The molecule has 7 rings (SSSR count). The first-order valence-corrected chi connectivity index (χ1v) is 15.9. The van der Waals surface area contributed by atoms with Gasteiger partial charge in [-0.2, -0.15) is 0 Å². The van der Waals surface area contributed by atoms with Crippen molar-refractivity contribution < 1.29 is 9.53 Å². The number of fused-ring (bicyclic) bond motifs is 2. The largest absolute Gasteiger partial charge is 0.495 e. The van der Waals surface area contributed by atoms with E-state index < -0.39 is 0 Å². The third kappa shape index (κ3) is 5.05. The van der Waals surface area contributed by atoms with E-state index in [1.165, 1.54) is 44.6 Å². The Kier molecular flexibility index (Phi) is 7.37. The van der Waals surface area contributed by atoms with Crippen LogP contribution in [0.25, 0.3) is 16.8 Å². The molecule has 3 aromatic heterocycles. The minimum Gasteiger partial charge on any atom is -0.495 e. The zero-order valence-electron chi connectivity index (χ0n) is 24.6. The van der Waals surface area contributed by atoms with Gasteiger partial charge < -0.3 is 20.3 Å². The monoisotopic (exact) mass is 585 g/mol. The average molecular weight is 586 g/mol. The molecule has 2 aliphatic heterocycles. The molecule has 1 atom stereocenters. The molecule has 0 bridgehead atoms. The molecule has 220 valence electrons. The van der Waals surface area contributed by atoms with Crippen LogP contribution in [0.1, 0.15) is 48.7 Å². The first kappa shape index (κ1) is 27.4. The zero-order chi connectivity index (χ0) is 28.8. The Morgan fingerprint density at radius 3 is 2.69 bits per heavy atom. The first-order chi connectivity index (χ1) is 20.5. The van der Waals surface area contributed by atoms with Crippen molar-refractivity contribution in [2.45, 2.75) is 57.0 Å². The van der Waals surface area contributed by atoms with E-state index in [4.69, 9.17) is 9.72 Å². The predicted molar refractivity (Wildman–Crippen MR) is 168 cm³/mol. The third-order valence-electron chi connectivity index (χ3n) is 9.41. The molecule has 1 saturated heterocycles. The molecule has 1 unspecified atom stereocenters. The van der Waals surface area contributed by atoms with Crippen LogP contribution in [0.5, 0.6) is 5.75 Å². The van der Waals surface area contributed by atoms with Crippen LogP contribution >= 0.6 is 11.3 Å². The van der Waals surface area contributed by atoms with Crippen LogP contribution in [0.4, 0.5) is 10.7 Å².